The van der Waals surface area contributed by atoms with Gasteiger partial charge in [0.2, 0.25) is 0 Å². The zero-order chi connectivity index (χ0) is 15.9. The van der Waals surface area contributed by atoms with E-state index in [9.17, 15) is 4.79 Å². The van der Waals surface area contributed by atoms with Crippen LogP contribution in [-0.2, 0) is 4.74 Å². The number of carbonyl (C=O) groups is 1. The van der Waals surface area contributed by atoms with E-state index in [1.807, 2.05) is 11.8 Å². The monoisotopic (exact) mass is 312 g/mol. The Bertz CT molecular complexity index is 345. The third kappa shape index (κ3) is 5.41. The summed E-state index contributed by atoms with van der Waals surface area (Å²) >= 11 is 0. The van der Waals surface area contributed by atoms with Gasteiger partial charge in [-0.3, -0.25) is 0 Å². The SMILES string of the molecule is CCN1CCN(C[C@@H](C)CNC(=O)N2CCO[C@H](C)C2)CC1. The quantitative estimate of drug-likeness (QED) is 0.811. The van der Waals surface area contributed by atoms with Gasteiger partial charge in [0.1, 0.15) is 0 Å². The van der Waals surface area contributed by atoms with Crippen molar-refractivity contribution in [2.75, 3.05) is 65.5 Å². The Morgan fingerprint density at radius 2 is 1.91 bits per heavy atom. The number of carbonyl (C=O) groups excluding carboxylic acids is 1. The number of hydrogen-bond acceptors (Lipinski definition) is 4. The van der Waals surface area contributed by atoms with Crippen molar-refractivity contribution in [3.63, 3.8) is 0 Å². The second-order valence-electron chi connectivity index (χ2n) is 6.65. The maximum atomic E-state index is 12.2. The fraction of sp³-hybridized carbons (Fsp3) is 0.938. The number of hydrogen-bond donors (Lipinski definition) is 1. The first-order valence-electron chi connectivity index (χ1n) is 8.67. The Labute approximate surface area is 134 Å². The third-order valence-electron chi connectivity index (χ3n) is 4.61. The maximum Gasteiger partial charge on any atom is 0.317 e. The molecule has 0 aromatic rings. The van der Waals surface area contributed by atoms with Crippen LogP contribution < -0.4 is 5.32 Å². The summed E-state index contributed by atoms with van der Waals surface area (Å²) in [5, 5.41) is 3.08. The molecular weight excluding hydrogens is 280 g/mol. The van der Waals surface area contributed by atoms with Gasteiger partial charge in [-0.25, -0.2) is 4.79 Å². The van der Waals surface area contributed by atoms with Crippen LogP contribution in [0.5, 0.6) is 0 Å². The minimum absolute atomic E-state index is 0.0535. The van der Waals surface area contributed by atoms with E-state index in [2.05, 4.69) is 29.0 Å². The molecule has 0 aliphatic carbocycles. The maximum absolute atomic E-state index is 12.2. The molecule has 0 unspecified atom stereocenters. The van der Waals surface area contributed by atoms with Crippen molar-refractivity contribution in [2.45, 2.75) is 26.9 Å². The molecule has 0 spiro atoms. The van der Waals surface area contributed by atoms with Crippen LogP contribution in [0.4, 0.5) is 4.79 Å². The number of rotatable bonds is 5. The fourth-order valence-electron chi connectivity index (χ4n) is 3.17. The Morgan fingerprint density at radius 3 is 2.55 bits per heavy atom. The smallest absolute Gasteiger partial charge is 0.317 e. The van der Waals surface area contributed by atoms with Crippen molar-refractivity contribution in [3.05, 3.63) is 0 Å². The fourth-order valence-corrected chi connectivity index (χ4v) is 3.17. The van der Waals surface area contributed by atoms with Crippen LogP contribution in [0.3, 0.4) is 0 Å². The molecule has 1 N–H and O–H groups in total. The molecule has 22 heavy (non-hydrogen) atoms. The number of ether oxygens (including phenoxy) is 1. The van der Waals surface area contributed by atoms with Crippen LogP contribution >= 0.6 is 0 Å². The van der Waals surface area contributed by atoms with Gasteiger partial charge in [-0.1, -0.05) is 13.8 Å². The van der Waals surface area contributed by atoms with Gasteiger partial charge in [-0.05, 0) is 19.4 Å². The molecule has 128 valence electrons. The number of nitrogens with zero attached hydrogens (tertiary/aromatic N) is 3. The molecule has 0 saturated carbocycles. The van der Waals surface area contributed by atoms with E-state index in [-0.39, 0.29) is 12.1 Å². The predicted molar refractivity (Wildman–Crippen MR) is 88.1 cm³/mol. The van der Waals surface area contributed by atoms with E-state index < -0.39 is 0 Å². The molecule has 0 bridgehead atoms. The lowest BCUT2D eigenvalue weighted by Gasteiger charge is -2.35. The van der Waals surface area contributed by atoms with Gasteiger partial charge < -0.3 is 24.8 Å². The number of amides is 2. The molecule has 2 aliphatic rings. The number of nitrogens with one attached hydrogen (secondary N) is 1. The van der Waals surface area contributed by atoms with E-state index in [1.54, 1.807) is 0 Å². The minimum Gasteiger partial charge on any atom is -0.375 e. The van der Waals surface area contributed by atoms with Crippen molar-refractivity contribution in [1.29, 1.82) is 0 Å². The van der Waals surface area contributed by atoms with E-state index in [0.29, 0.717) is 25.6 Å². The summed E-state index contributed by atoms with van der Waals surface area (Å²) in [6.07, 6.45) is 0.145. The predicted octanol–water partition coefficient (Wildman–Crippen LogP) is 0.690. The molecule has 2 amide bonds. The van der Waals surface area contributed by atoms with E-state index >= 15 is 0 Å². The first kappa shape index (κ1) is 17.5. The first-order valence-corrected chi connectivity index (χ1v) is 8.67. The van der Waals surface area contributed by atoms with E-state index in [4.69, 9.17) is 4.74 Å². The summed E-state index contributed by atoms with van der Waals surface area (Å²) in [5.41, 5.74) is 0. The molecule has 0 aromatic heterocycles. The average molecular weight is 312 g/mol. The van der Waals surface area contributed by atoms with Crippen LogP contribution in [0, 0.1) is 5.92 Å². The van der Waals surface area contributed by atoms with Gasteiger partial charge in [0.05, 0.1) is 12.7 Å². The summed E-state index contributed by atoms with van der Waals surface area (Å²) < 4.78 is 5.47. The van der Waals surface area contributed by atoms with Gasteiger partial charge in [-0.2, -0.15) is 0 Å². The third-order valence-corrected chi connectivity index (χ3v) is 4.61. The number of urea groups is 1. The normalized spacial score (nSPS) is 26.0. The average Bonchev–Trinajstić information content (AvgIpc) is 2.53. The molecule has 2 saturated heterocycles. The highest BCUT2D eigenvalue weighted by Gasteiger charge is 2.22. The molecule has 6 nitrogen and oxygen atoms in total. The summed E-state index contributed by atoms with van der Waals surface area (Å²) in [5.74, 6) is 0.482. The Kier molecular flexibility index (Phi) is 6.92. The highest BCUT2D eigenvalue weighted by molar-refractivity contribution is 5.74. The van der Waals surface area contributed by atoms with Gasteiger partial charge in [0, 0.05) is 52.4 Å². The lowest BCUT2D eigenvalue weighted by atomic mass is 10.1. The van der Waals surface area contributed by atoms with Crippen molar-refractivity contribution in [3.8, 4) is 0 Å². The minimum atomic E-state index is 0.0535. The largest absolute Gasteiger partial charge is 0.375 e. The lowest BCUT2D eigenvalue weighted by Crippen LogP contribution is -2.51. The number of morpholine rings is 1. The Morgan fingerprint density at radius 1 is 1.23 bits per heavy atom. The first-order chi connectivity index (χ1) is 10.6. The zero-order valence-electron chi connectivity index (χ0n) is 14.4. The lowest BCUT2D eigenvalue weighted by molar-refractivity contribution is -0.00361. The molecule has 2 rings (SSSR count). The van der Waals surface area contributed by atoms with Crippen LogP contribution in [0.2, 0.25) is 0 Å². The highest BCUT2D eigenvalue weighted by Crippen LogP contribution is 2.07. The van der Waals surface area contributed by atoms with Crippen LogP contribution in [0.1, 0.15) is 20.8 Å². The van der Waals surface area contributed by atoms with Gasteiger partial charge in [-0.15, -0.1) is 0 Å². The van der Waals surface area contributed by atoms with Crippen molar-refractivity contribution in [1.82, 2.24) is 20.0 Å². The molecule has 6 heteroatoms. The summed E-state index contributed by atoms with van der Waals surface area (Å²) in [4.78, 5) is 19.0. The zero-order valence-corrected chi connectivity index (χ0v) is 14.4. The van der Waals surface area contributed by atoms with Crippen molar-refractivity contribution < 1.29 is 9.53 Å². The molecule has 2 atom stereocenters. The molecular formula is C16H32N4O2. The van der Waals surface area contributed by atoms with Crippen LogP contribution in [0.25, 0.3) is 0 Å². The molecule has 2 fully saturated rings. The van der Waals surface area contributed by atoms with E-state index in [0.717, 1.165) is 32.7 Å². The van der Waals surface area contributed by atoms with Crippen LogP contribution in [0.15, 0.2) is 0 Å². The van der Waals surface area contributed by atoms with Crippen molar-refractivity contribution >= 4 is 6.03 Å². The van der Waals surface area contributed by atoms with Gasteiger partial charge in [0.25, 0.3) is 0 Å². The molecule has 0 radical (unpaired) electrons. The van der Waals surface area contributed by atoms with Crippen LogP contribution in [-0.4, -0.2) is 92.3 Å². The second kappa shape index (κ2) is 8.70. The summed E-state index contributed by atoms with van der Waals surface area (Å²) in [6, 6.07) is 0.0535. The van der Waals surface area contributed by atoms with Crippen molar-refractivity contribution in [2.24, 2.45) is 5.92 Å². The summed E-state index contributed by atoms with van der Waals surface area (Å²) in [6.45, 7) is 16.1. The Balaban J connectivity index is 1.63. The second-order valence-corrected chi connectivity index (χ2v) is 6.65. The van der Waals surface area contributed by atoms with Gasteiger partial charge in [0.15, 0.2) is 0 Å². The number of likely N-dealkylation sites (N-methyl/N-ethyl adjacent to an activating group) is 1. The topological polar surface area (TPSA) is 48.0 Å². The Hall–Kier alpha value is -0.850. The standard InChI is InChI=1S/C16H32N4O2/c1-4-18-5-7-19(8-6-18)12-14(2)11-17-16(21)20-9-10-22-15(3)13-20/h14-15H,4-13H2,1-3H3,(H,17,21)/t14-,15+/m0/s1. The molecule has 2 heterocycles. The highest BCUT2D eigenvalue weighted by atomic mass is 16.5. The van der Waals surface area contributed by atoms with E-state index in [1.165, 1.54) is 13.1 Å². The summed E-state index contributed by atoms with van der Waals surface area (Å²) in [7, 11) is 0. The van der Waals surface area contributed by atoms with Gasteiger partial charge >= 0.3 is 6.03 Å². The molecule has 0 aromatic carbocycles. The number of piperazine rings is 1. The molecule has 2 aliphatic heterocycles.